The Morgan fingerprint density at radius 2 is 1.56 bits per heavy atom. The Morgan fingerprint density at radius 1 is 0.917 bits per heavy atom. The Balaban J connectivity index is 1.79. The lowest BCUT2D eigenvalue weighted by molar-refractivity contribution is -0.154. The maximum Gasteiger partial charge on any atom is 0.416 e. The molecule has 6 nitrogen and oxygen atoms in total. The third-order valence-corrected chi connectivity index (χ3v) is 7.43. The maximum absolute atomic E-state index is 13.1. The molecule has 190 valence electrons. The van der Waals surface area contributed by atoms with E-state index < -0.39 is 51.7 Å². The van der Waals surface area contributed by atoms with Gasteiger partial charge in [-0.25, -0.2) is 8.42 Å². The number of hydrogen-bond acceptors (Lipinski definition) is 5. The number of hydrogen-bond donors (Lipinski definition) is 1. The molecule has 0 saturated heterocycles. The average molecular weight is 560 g/mol. The largest absolute Gasteiger partial charge is 0.447 e. The highest BCUT2D eigenvalue weighted by molar-refractivity contribution is 7.91. The molecular formula is C24H18Cl2F3NO5S. The summed E-state index contributed by atoms with van der Waals surface area (Å²) in [6.45, 7) is 0. The number of esters is 1. The highest BCUT2D eigenvalue weighted by Gasteiger charge is 2.32. The minimum Gasteiger partial charge on any atom is -0.447 e. The van der Waals surface area contributed by atoms with Crippen LogP contribution in [0, 0.1) is 0 Å². The summed E-state index contributed by atoms with van der Waals surface area (Å²) >= 11 is 11.9. The third-order valence-electron chi connectivity index (χ3n) is 4.89. The van der Waals surface area contributed by atoms with Crippen LogP contribution in [0.15, 0.2) is 77.7 Å². The molecule has 1 N–H and O–H groups in total. The van der Waals surface area contributed by atoms with Gasteiger partial charge in [-0.15, -0.1) is 0 Å². The van der Waals surface area contributed by atoms with Crippen molar-refractivity contribution >= 4 is 50.6 Å². The highest BCUT2D eigenvalue weighted by Crippen LogP contribution is 2.34. The molecule has 3 aromatic carbocycles. The summed E-state index contributed by atoms with van der Waals surface area (Å²) in [7, 11) is -3.94. The number of alkyl halides is 3. The maximum atomic E-state index is 13.1. The molecular weight excluding hydrogens is 542 g/mol. The van der Waals surface area contributed by atoms with Gasteiger partial charge in [-0.3, -0.25) is 9.59 Å². The molecule has 1 amide bonds. The monoisotopic (exact) mass is 559 g/mol. The molecule has 0 aromatic heterocycles. The summed E-state index contributed by atoms with van der Waals surface area (Å²) in [5, 5.41) is 2.07. The topological polar surface area (TPSA) is 89.5 Å². The fourth-order valence-electron chi connectivity index (χ4n) is 3.11. The molecule has 12 heteroatoms. The van der Waals surface area contributed by atoms with Gasteiger partial charge in [-0.2, -0.15) is 13.2 Å². The van der Waals surface area contributed by atoms with Crippen LogP contribution >= 0.6 is 23.2 Å². The van der Waals surface area contributed by atoms with E-state index in [4.69, 9.17) is 27.9 Å². The summed E-state index contributed by atoms with van der Waals surface area (Å²) in [5.41, 5.74) is -1.17. The van der Waals surface area contributed by atoms with E-state index in [9.17, 15) is 31.2 Å². The van der Waals surface area contributed by atoms with Gasteiger partial charge in [0.1, 0.15) is 0 Å². The van der Waals surface area contributed by atoms with Crippen LogP contribution in [0.4, 0.5) is 18.9 Å². The standard InChI is InChI=1S/C24H18Cl2F3NO5S/c25-17-11-10-16(24(27,28)29)14-19(17)30-23(32)22(15-6-2-1-3-7-15)35-21(31)12-13-36(33,34)20-9-5-4-8-18(20)26/h1-11,14,22H,12-13H2,(H,30,32)/t22-/m1/s1. The number of rotatable bonds is 8. The number of amides is 1. The predicted octanol–water partition coefficient (Wildman–Crippen LogP) is 6.10. The second-order valence-electron chi connectivity index (χ2n) is 7.46. The number of carbonyl (C=O) groups excluding carboxylic acids is 2. The Hall–Kier alpha value is -3.08. The Morgan fingerprint density at radius 3 is 2.19 bits per heavy atom. The van der Waals surface area contributed by atoms with Crippen LogP contribution in [0.25, 0.3) is 0 Å². The number of nitrogens with one attached hydrogen (secondary N) is 1. The molecule has 0 aliphatic heterocycles. The lowest BCUT2D eigenvalue weighted by Crippen LogP contribution is -2.27. The number of ether oxygens (including phenoxy) is 1. The Labute approximate surface area is 214 Å². The minimum absolute atomic E-state index is 0.00891. The molecule has 36 heavy (non-hydrogen) atoms. The molecule has 0 spiro atoms. The van der Waals surface area contributed by atoms with E-state index in [2.05, 4.69) is 5.32 Å². The molecule has 0 unspecified atom stereocenters. The Kier molecular flexibility index (Phi) is 8.65. The molecule has 3 rings (SSSR count). The van der Waals surface area contributed by atoms with Crippen LogP contribution in [0.1, 0.15) is 23.7 Å². The molecule has 0 aliphatic rings. The smallest absolute Gasteiger partial charge is 0.416 e. The molecule has 0 fully saturated rings. The summed E-state index contributed by atoms with van der Waals surface area (Å²) in [5.74, 6) is -2.65. The second-order valence-corrected chi connectivity index (χ2v) is 10.4. The predicted molar refractivity (Wildman–Crippen MR) is 128 cm³/mol. The minimum atomic E-state index is -4.68. The zero-order chi connectivity index (χ0) is 26.5. The number of halogens is 5. The normalized spacial score (nSPS) is 12.6. The first-order chi connectivity index (χ1) is 16.9. The highest BCUT2D eigenvalue weighted by atomic mass is 35.5. The van der Waals surface area contributed by atoms with Crippen molar-refractivity contribution in [3.8, 4) is 0 Å². The molecule has 1 atom stereocenters. The lowest BCUT2D eigenvalue weighted by atomic mass is 10.1. The summed E-state index contributed by atoms with van der Waals surface area (Å²) in [6.07, 6.45) is -6.87. The second kappa shape index (κ2) is 11.3. The fourth-order valence-corrected chi connectivity index (χ4v) is 5.07. The van der Waals surface area contributed by atoms with E-state index >= 15 is 0 Å². The number of carbonyl (C=O) groups is 2. The van der Waals surface area contributed by atoms with Gasteiger partial charge in [0.2, 0.25) is 6.10 Å². The first kappa shape index (κ1) is 27.5. The Bertz CT molecular complexity index is 1370. The third kappa shape index (κ3) is 6.99. The van der Waals surface area contributed by atoms with E-state index in [1.54, 1.807) is 24.3 Å². The summed E-state index contributed by atoms with van der Waals surface area (Å²) in [4.78, 5) is 25.3. The van der Waals surface area contributed by atoms with Crippen LogP contribution in [0.3, 0.4) is 0 Å². The van der Waals surface area contributed by atoms with Crippen molar-refractivity contribution in [1.29, 1.82) is 0 Å². The van der Waals surface area contributed by atoms with Crippen LogP contribution < -0.4 is 5.32 Å². The van der Waals surface area contributed by atoms with Gasteiger partial charge in [-0.05, 0) is 30.3 Å². The van der Waals surface area contributed by atoms with Crippen molar-refractivity contribution < 1.29 is 35.9 Å². The molecule has 0 heterocycles. The van der Waals surface area contributed by atoms with Crippen LogP contribution in [0.5, 0.6) is 0 Å². The summed E-state index contributed by atoms with van der Waals surface area (Å²) in [6, 6.07) is 15.8. The SMILES string of the molecule is O=C(CCS(=O)(=O)c1ccccc1Cl)O[C@@H](C(=O)Nc1cc(C(F)(F)F)ccc1Cl)c1ccccc1. The molecule has 0 bridgehead atoms. The number of anilines is 1. The lowest BCUT2D eigenvalue weighted by Gasteiger charge is -2.19. The van der Waals surface area contributed by atoms with Crippen molar-refractivity contribution in [2.24, 2.45) is 0 Å². The van der Waals surface area contributed by atoms with E-state index in [0.29, 0.717) is 6.07 Å². The molecule has 0 saturated carbocycles. The van der Waals surface area contributed by atoms with Crippen molar-refractivity contribution in [3.05, 3.63) is 94.0 Å². The van der Waals surface area contributed by atoms with E-state index in [1.807, 2.05) is 0 Å². The quantitative estimate of drug-likeness (QED) is 0.337. The van der Waals surface area contributed by atoms with Gasteiger partial charge in [0.05, 0.1) is 38.4 Å². The number of benzene rings is 3. The number of sulfone groups is 1. The fraction of sp³-hybridized carbons (Fsp3) is 0.167. The first-order valence-corrected chi connectivity index (χ1v) is 12.7. The first-order valence-electron chi connectivity index (χ1n) is 10.3. The van der Waals surface area contributed by atoms with E-state index in [1.165, 1.54) is 30.3 Å². The van der Waals surface area contributed by atoms with Crippen LogP contribution in [-0.2, 0) is 30.3 Å². The summed E-state index contributed by atoms with van der Waals surface area (Å²) < 4.78 is 69.6. The van der Waals surface area contributed by atoms with E-state index in [0.717, 1.165) is 12.1 Å². The van der Waals surface area contributed by atoms with Crippen molar-refractivity contribution in [2.45, 2.75) is 23.6 Å². The zero-order valence-electron chi connectivity index (χ0n) is 18.3. The van der Waals surface area contributed by atoms with Gasteiger partial charge in [0.15, 0.2) is 9.84 Å². The molecule has 3 aromatic rings. The van der Waals surface area contributed by atoms with Gasteiger partial charge >= 0.3 is 12.1 Å². The van der Waals surface area contributed by atoms with Crippen molar-refractivity contribution in [3.63, 3.8) is 0 Å². The molecule has 0 radical (unpaired) electrons. The van der Waals surface area contributed by atoms with Gasteiger partial charge in [-0.1, -0.05) is 65.7 Å². The van der Waals surface area contributed by atoms with Gasteiger partial charge < -0.3 is 10.1 Å². The van der Waals surface area contributed by atoms with Crippen molar-refractivity contribution in [1.82, 2.24) is 0 Å². The van der Waals surface area contributed by atoms with Crippen molar-refractivity contribution in [2.75, 3.05) is 11.1 Å². The van der Waals surface area contributed by atoms with Gasteiger partial charge in [0.25, 0.3) is 5.91 Å². The van der Waals surface area contributed by atoms with E-state index in [-0.39, 0.29) is 26.2 Å². The molecule has 0 aliphatic carbocycles. The zero-order valence-corrected chi connectivity index (χ0v) is 20.6. The van der Waals surface area contributed by atoms with Crippen LogP contribution in [0.2, 0.25) is 10.0 Å². The van der Waals surface area contributed by atoms with Gasteiger partial charge in [0, 0.05) is 5.56 Å². The van der Waals surface area contributed by atoms with Crippen LogP contribution in [-0.4, -0.2) is 26.0 Å². The average Bonchev–Trinajstić information content (AvgIpc) is 2.82.